The molecule has 0 unspecified atom stereocenters. The summed E-state index contributed by atoms with van der Waals surface area (Å²) in [4.78, 5) is 0.319. The van der Waals surface area contributed by atoms with Crippen molar-refractivity contribution in [2.75, 3.05) is 19.6 Å². The van der Waals surface area contributed by atoms with E-state index < -0.39 is 10.0 Å². The van der Waals surface area contributed by atoms with Gasteiger partial charge in [-0.3, -0.25) is 0 Å². The molecule has 0 aromatic heterocycles. The van der Waals surface area contributed by atoms with Crippen LogP contribution >= 0.6 is 15.9 Å². The van der Waals surface area contributed by atoms with Crippen LogP contribution in [0, 0.1) is 6.92 Å². The van der Waals surface area contributed by atoms with E-state index in [4.69, 9.17) is 0 Å². The Bertz CT molecular complexity index is 600. The fraction of sp³-hybridized carbons (Fsp3) is 0.467. The molecule has 0 bridgehead atoms. The number of halogens is 1. The molecule has 0 amide bonds. The van der Waals surface area contributed by atoms with Gasteiger partial charge in [0.15, 0.2) is 0 Å². The van der Waals surface area contributed by atoms with Gasteiger partial charge >= 0.3 is 0 Å². The highest BCUT2D eigenvalue weighted by Gasteiger charge is 2.25. The first kappa shape index (κ1) is 18.4. The van der Waals surface area contributed by atoms with Crippen LogP contribution in [-0.4, -0.2) is 32.4 Å². The first-order chi connectivity index (χ1) is 9.88. The first-order valence-electron chi connectivity index (χ1n) is 6.99. The van der Waals surface area contributed by atoms with Crippen molar-refractivity contribution in [1.82, 2.24) is 9.62 Å². The van der Waals surface area contributed by atoms with Crippen LogP contribution in [0.1, 0.15) is 25.0 Å². The summed E-state index contributed by atoms with van der Waals surface area (Å²) >= 11 is 3.41. The van der Waals surface area contributed by atoms with Gasteiger partial charge in [0, 0.05) is 24.1 Å². The largest absolute Gasteiger partial charge is 0.313 e. The maximum atomic E-state index is 12.8. The Morgan fingerprint density at radius 2 is 2.05 bits per heavy atom. The van der Waals surface area contributed by atoms with Crippen LogP contribution in [0.5, 0.6) is 0 Å². The molecule has 0 saturated heterocycles. The minimum absolute atomic E-state index is 0.307. The highest BCUT2D eigenvalue weighted by atomic mass is 79.9. The van der Waals surface area contributed by atoms with Gasteiger partial charge in [0.1, 0.15) is 0 Å². The minimum atomic E-state index is -3.53. The van der Waals surface area contributed by atoms with Gasteiger partial charge in [0.05, 0.1) is 4.90 Å². The van der Waals surface area contributed by atoms with Gasteiger partial charge in [0.2, 0.25) is 10.0 Å². The molecule has 1 N–H and O–H groups in total. The molecule has 1 rings (SSSR count). The van der Waals surface area contributed by atoms with Crippen LogP contribution in [0.4, 0.5) is 0 Å². The Morgan fingerprint density at radius 1 is 1.38 bits per heavy atom. The number of benzene rings is 1. The second-order valence-electron chi connectivity index (χ2n) is 4.75. The average Bonchev–Trinajstić information content (AvgIpc) is 2.45. The minimum Gasteiger partial charge on any atom is -0.313 e. The number of hydrogen-bond acceptors (Lipinski definition) is 3. The summed E-state index contributed by atoms with van der Waals surface area (Å²) in [6.45, 7) is 11.6. The molecule has 1 aromatic rings. The topological polar surface area (TPSA) is 49.4 Å². The zero-order chi connectivity index (χ0) is 16.0. The van der Waals surface area contributed by atoms with Crippen molar-refractivity contribution in [2.24, 2.45) is 0 Å². The highest BCUT2D eigenvalue weighted by Crippen LogP contribution is 2.29. The number of rotatable bonds is 8. The lowest BCUT2D eigenvalue weighted by molar-refractivity contribution is 0.459. The summed E-state index contributed by atoms with van der Waals surface area (Å²) < 4.78 is 27.6. The van der Waals surface area contributed by atoms with Crippen LogP contribution in [0.3, 0.4) is 0 Å². The fourth-order valence-electron chi connectivity index (χ4n) is 2.05. The monoisotopic (exact) mass is 374 g/mol. The van der Waals surface area contributed by atoms with E-state index in [0.717, 1.165) is 17.7 Å². The predicted molar refractivity (Wildman–Crippen MR) is 90.9 cm³/mol. The molecule has 118 valence electrons. The molecule has 0 aliphatic rings. The van der Waals surface area contributed by atoms with E-state index in [-0.39, 0.29) is 0 Å². The van der Waals surface area contributed by atoms with Crippen molar-refractivity contribution in [3.63, 3.8) is 0 Å². The van der Waals surface area contributed by atoms with Crippen molar-refractivity contribution in [2.45, 2.75) is 32.2 Å². The molecular weight excluding hydrogens is 352 g/mol. The summed E-state index contributed by atoms with van der Waals surface area (Å²) in [5.74, 6) is 0. The molecule has 0 spiro atoms. The molecule has 0 saturated carbocycles. The number of aryl methyl sites for hydroxylation is 1. The molecule has 1 aromatic carbocycles. The molecule has 0 aliphatic carbocycles. The standard InChI is InChI=1S/C15H23BrN2O2S/c1-5-8-18(7-3)21(19,20)14-10-13(11-17-6-2)9-12(4)15(14)16/h5,9-10,17H,1,6-8,11H2,2-4H3. The zero-order valence-electron chi connectivity index (χ0n) is 12.8. The van der Waals surface area contributed by atoms with Crippen molar-refractivity contribution in [3.8, 4) is 0 Å². The second kappa shape index (κ2) is 8.08. The number of sulfonamides is 1. The predicted octanol–water partition coefficient (Wildman–Crippen LogP) is 3.06. The summed E-state index contributed by atoms with van der Waals surface area (Å²) in [5.41, 5.74) is 1.88. The molecule has 0 heterocycles. The Labute approximate surface area is 136 Å². The van der Waals surface area contributed by atoms with Gasteiger partial charge in [0.25, 0.3) is 0 Å². The van der Waals surface area contributed by atoms with Crippen molar-refractivity contribution >= 4 is 26.0 Å². The Kier molecular flexibility index (Phi) is 7.06. The van der Waals surface area contributed by atoms with Gasteiger partial charge in [-0.05, 0) is 46.6 Å². The third-order valence-corrected chi connectivity index (χ3v) is 6.44. The van der Waals surface area contributed by atoms with Crippen LogP contribution in [0.25, 0.3) is 0 Å². The van der Waals surface area contributed by atoms with Gasteiger partial charge < -0.3 is 5.32 Å². The fourth-order valence-corrected chi connectivity index (χ4v) is 4.50. The van der Waals surface area contributed by atoms with Crippen LogP contribution in [0.15, 0.2) is 34.2 Å². The van der Waals surface area contributed by atoms with Gasteiger partial charge in [-0.1, -0.05) is 26.0 Å². The SMILES string of the molecule is C=CCN(CC)S(=O)(=O)c1cc(CNCC)cc(C)c1Br. The maximum Gasteiger partial charge on any atom is 0.244 e. The van der Waals surface area contributed by atoms with Crippen LogP contribution in [0.2, 0.25) is 0 Å². The Morgan fingerprint density at radius 3 is 2.57 bits per heavy atom. The van der Waals surface area contributed by atoms with Crippen molar-refractivity contribution < 1.29 is 8.42 Å². The summed E-state index contributed by atoms with van der Waals surface area (Å²) in [5, 5.41) is 3.22. The van der Waals surface area contributed by atoms with E-state index >= 15 is 0 Å². The van der Waals surface area contributed by atoms with Gasteiger partial charge in [-0.15, -0.1) is 6.58 Å². The molecule has 4 nitrogen and oxygen atoms in total. The zero-order valence-corrected chi connectivity index (χ0v) is 15.2. The maximum absolute atomic E-state index is 12.8. The molecule has 6 heteroatoms. The van der Waals surface area contributed by atoms with E-state index in [1.54, 1.807) is 12.1 Å². The van der Waals surface area contributed by atoms with E-state index in [2.05, 4.69) is 27.8 Å². The Hall–Kier alpha value is -0.690. The molecule has 21 heavy (non-hydrogen) atoms. The lowest BCUT2D eigenvalue weighted by Gasteiger charge is -2.21. The van der Waals surface area contributed by atoms with Gasteiger partial charge in [-0.2, -0.15) is 4.31 Å². The number of nitrogens with zero attached hydrogens (tertiary/aromatic N) is 1. The lowest BCUT2D eigenvalue weighted by Crippen LogP contribution is -2.31. The highest BCUT2D eigenvalue weighted by molar-refractivity contribution is 9.10. The van der Waals surface area contributed by atoms with E-state index in [9.17, 15) is 8.42 Å². The smallest absolute Gasteiger partial charge is 0.244 e. The van der Waals surface area contributed by atoms with Crippen LogP contribution in [-0.2, 0) is 16.6 Å². The van der Waals surface area contributed by atoms with Crippen molar-refractivity contribution in [3.05, 3.63) is 40.4 Å². The third kappa shape index (κ3) is 4.39. The quantitative estimate of drug-likeness (QED) is 0.711. The molecule has 0 aliphatic heterocycles. The summed E-state index contributed by atoms with van der Waals surface area (Å²) in [6, 6.07) is 3.73. The van der Waals surface area contributed by atoms with E-state index in [0.29, 0.717) is 29.0 Å². The molecule has 0 atom stereocenters. The van der Waals surface area contributed by atoms with Gasteiger partial charge in [-0.25, -0.2) is 8.42 Å². The Balaban J connectivity index is 3.32. The van der Waals surface area contributed by atoms with Crippen LogP contribution < -0.4 is 5.32 Å². The van der Waals surface area contributed by atoms with Crippen molar-refractivity contribution in [1.29, 1.82) is 0 Å². The van der Waals surface area contributed by atoms with E-state index in [1.807, 2.05) is 26.8 Å². The average molecular weight is 375 g/mol. The molecule has 0 radical (unpaired) electrons. The second-order valence-corrected chi connectivity index (χ2v) is 7.45. The first-order valence-corrected chi connectivity index (χ1v) is 9.22. The normalized spacial score (nSPS) is 11.9. The lowest BCUT2D eigenvalue weighted by atomic mass is 10.1. The number of nitrogens with one attached hydrogen (secondary N) is 1. The molecular formula is C15H23BrN2O2S. The molecule has 0 fully saturated rings. The van der Waals surface area contributed by atoms with E-state index in [1.165, 1.54) is 4.31 Å². The third-order valence-electron chi connectivity index (χ3n) is 3.16. The summed E-state index contributed by atoms with van der Waals surface area (Å²) in [7, 11) is -3.53. The number of hydrogen-bond donors (Lipinski definition) is 1. The summed E-state index contributed by atoms with van der Waals surface area (Å²) in [6.07, 6.45) is 1.60. The number of likely N-dealkylation sites (N-methyl/N-ethyl adjacent to an activating group) is 1.